The van der Waals surface area contributed by atoms with Gasteiger partial charge < -0.3 is 15.4 Å². The van der Waals surface area contributed by atoms with E-state index in [9.17, 15) is 19.2 Å². The van der Waals surface area contributed by atoms with Crippen LogP contribution in [-0.2, 0) is 22.4 Å². The average Bonchev–Trinajstić information content (AvgIpc) is 2.97. The molecule has 1 aliphatic carbocycles. The van der Waals surface area contributed by atoms with Gasteiger partial charge in [0.15, 0.2) is 5.78 Å². The number of nitrogens with zero attached hydrogens (tertiary/aromatic N) is 2. The lowest BCUT2D eigenvalue weighted by Gasteiger charge is -2.18. The molecule has 1 saturated heterocycles. The van der Waals surface area contributed by atoms with Crippen LogP contribution in [0.2, 0.25) is 0 Å². The van der Waals surface area contributed by atoms with Crippen LogP contribution in [0.4, 0.5) is 4.39 Å². The van der Waals surface area contributed by atoms with E-state index in [4.69, 9.17) is 4.74 Å². The molecule has 31 heavy (non-hydrogen) atoms. The van der Waals surface area contributed by atoms with E-state index >= 15 is 0 Å². The number of benzene rings is 1. The second-order valence-corrected chi connectivity index (χ2v) is 7.77. The Labute approximate surface area is 179 Å². The minimum atomic E-state index is -0.871. The zero-order valence-corrected chi connectivity index (χ0v) is 17.0. The summed E-state index contributed by atoms with van der Waals surface area (Å²) in [5.41, 5.74) is 3.09. The summed E-state index contributed by atoms with van der Waals surface area (Å²) in [7, 11) is 0. The summed E-state index contributed by atoms with van der Waals surface area (Å²) in [5.74, 6) is -0.766. The molecule has 2 heterocycles. The Morgan fingerprint density at radius 2 is 2.26 bits per heavy atom. The van der Waals surface area contributed by atoms with Crippen LogP contribution in [0.1, 0.15) is 34.3 Å². The van der Waals surface area contributed by atoms with Crippen molar-refractivity contribution in [3.8, 4) is 17.3 Å². The van der Waals surface area contributed by atoms with Gasteiger partial charge in [0, 0.05) is 43.3 Å². The van der Waals surface area contributed by atoms with Crippen molar-refractivity contribution in [1.29, 1.82) is 5.26 Å². The Balaban J connectivity index is 1.44. The lowest BCUT2D eigenvalue weighted by molar-refractivity contribution is -0.132. The van der Waals surface area contributed by atoms with Gasteiger partial charge in [-0.2, -0.15) is 5.26 Å². The zero-order valence-electron chi connectivity index (χ0n) is 17.0. The van der Waals surface area contributed by atoms with Gasteiger partial charge in [0.05, 0.1) is 11.8 Å². The maximum Gasteiger partial charge on any atom is 0.251 e. The van der Waals surface area contributed by atoms with Crippen LogP contribution in [0.5, 0.6) is 0 Å². The molecule has 160 valence electrons. The minimum absolute atomic E-state index is 0.0423. The largest absolute Gasteiger partial charge is 0.367 e. The number of hydrogen-bond acceptors (Lipinski definition) is 6. The molecule has 2 N–H and O–H groups in total. The Morgan fingerprint density at radius 3 is 3.06 bits per heavy atom. The molecule has 2 aromatic rings. The first kappa shape index (κ1) is 21.1. The number of ketones is 1. The monoisotopic (exact) mass is 422 g/mol. The fraction of sp³-hybridized carbons (Fsp3) is 0.391. The summed E-state index contributed by atoms with van der Waals surface area (Å²) < 4.78 is 20.3. The molecule has 0 saturated carbocycles. The van der Waals surface area contributed by atoms with Gasteiger partial charge in [-0.3, -0.25) is 14.6 Å². The average molecular weight is 422 g/mol. The fourth-order valence-corrected chi connectivity index (χ4v) is 3.86. The van der Waals surface area contributed by atoms with E-state index in [1.807, 2.05) is 12.1 Å². The van der Waals surface area contributed by atoms with Gasteiger partial charge in [0.25, 0.3) is 5.91 Å². The van der Waals surface area contributed by atoms with E-state index in [0.29, 0.717) is 48.4 Å². The zero-order chi connectivity index (χ0) is 21.8. The number of nitriles is 1. The quantitative estimate of drug-likeness (QED) is 0.763. The van der Waals surface area contributed by atoms with Crippen molar-refractivity contribution in [1.82, 2.24) is 15.6 Å². The normalized spacial score (nSPS) is 19.2. The van der Waals surface area contributed by atoms with Gasteiger partial charge in [-0.05, 0) is 42.6 Å². The van der Waals surface area contributed by atoms with Gasteiger partial charge in [-0.1, -0.05) is 12.1 Å². The molecule has 4 rings (SSSR count). The minimum Gasteiger partial charge on any atom is -0.367 e. The number of halogens is 1. The van der Waals surface area contributed by atoms with Crippen LogP contribution < -0.4 is 10.6 Å². The lowest BCUT2D eigenvalue weighted by Crippen LogP contribution is -2.46. The first-order valence-corrected chi connectivity index (χ1v) is 10.4. The fourth-order valence-electron chi connectivity index (χ4n) is 3.86. The highest BCUT2D eigenvalue weighted by Crippen LogP contribution is 2.27. The molecule has 0 radical (unpaired) electrons. The van der Waals surface area contributed by atoms with Gasteiger partial charge in [0.2, 0.25) is 0 Å². The number of nitrogens with one attached hydrogen (secondary N) is 2. The number of aryl methyl sites for hydroxylation is 1. The van der Waals surface area contributed by atoms with Crippen LogP contribution in [0, 0.1) is 17.1 Å². The number of aromatic nitrogens is 1. The topological polar surface area (TPSA) is 104 Å². The van der Waals surface area contributed by atoms with Crippen molar-refractivity contribution in [2.45, 2.75) is 37.8 Å². The number of Topliss-reactive ketones (excluding diaryl/α,β-unsaturated/α-hetero) is 1. The summed E-state index contributed by atoms with van der Waals surface area (Å²) in [6.07, 6.45) is 2.91. The first-order valence-electron chi connectivity index (χ1n) is 10.4. The van der Waals surface area contributed by atoms with Crippen LogP contribution in [0.15, 0.2) is 30.5 Å². The van der Waals surface area contributed by atoms with Crippen LogP contribution in [-0.4, -0.2) is 48.5 Å². The molecule has 1 amide bonds. The molecule has 8 heteroatoms. The summed E-state index contributed by atoms with van der Waals surface area (Å²) in [6.45, 7) is 1.63. The number of rotatable bonds is 5. The van der Waals surface area contributed by atoms with Gasteiger partial charge in [-0.25, -0.2) is 4.39 Å². The molecule has 2 atom stereocenters. The van der Waals surface area contributed by atoms with E-state index in [2.05, 4.69) is 15.6 Å². The number of carbonyl (C=O) groups excluding carboxylic acids is 2. The Morgan fingerprint density at radius 1 is 1.39 bits per heavy atom. The number of pyridine rings is 1. The SMILES string of the molecule is N#C[C@H](Cc1ccc(-c2cc3c(cn2)C(=O)CC3)cc1F)NC(=O)[C@@H]1CNCCCO1. The molecule has 1 aromatic carbocycles. The predicted octanol–water partition coefficient (Wildman–Crippen LogP) is 1.95. The first-order chi connectivity index (χ1) is 15.0. The van der Waals surface area contributed by atoms with Crippen molar-refractivity contribution in [2.75, 3.05) is 19.7 Å². The summed E-state index contributed by atoms with van der Waals surface area (Å²) in [4.78, 5) is 28.5. The number of carbonyl (C=O) groups is 2. The van der Waals surface area contributed by atoms with Crippen LogP contribution >= 0.6 is 0 Å². The molecule has 0 spiro atoms. The Bertz CT molecular complexity index is 1040. The van der Waals surface area contributed by atoms with Gasteiger partial charge in [-0.15, -0.1) is 0 Å². The van der Waals surface area contributed by atoms with Crippen LogP contribution in [0.3, 0.4) is 0 Å². The molecular weight excluding hydrogens is 399 g/mol. The number of hydrogen-bond donors (Lipinski definition) is 2. The third-order valence-electron chi connectivity index (χ3n) is 5.60. The van der Waals surface area contributed by atoms with Crippen molar-refractivity contribution in [3.63, 3.8) is 0 Å². The molecule has 1 aliphatic heterocycles. The second-order valence-electron chi connectivity index (χ2n) is 7.77. The molecule has 2 aliphatic rings. The third kappa shape index (κ3) is 4.79. The highest BCUT2D eigenvalue weighted by Gasteiger charge is 2.24. The van der Waals surface area contributed by atoms with E-state index in [1.54, 1.807) is 18.3 Å². The molecule has 1 aromatic heterocycles. The van der Waals surface area contributed by atoms with E-state index in [-0.39, 0.29) is 18.1 Å². The van der Waals surface area contributed by atoms with Crippen LogP contribution in [0.25, 0.3) is 11.3 Å². The predicted molar refractivity (Wildman–Crippen MR) is 111 cm³/mol. The summed E-state index contributed by atoms with van der Waals surface area (Å²) in [6, 6.07) is 7.69. The third-order valence-corrected chi connectivity index (χ3v) is 5.60. The standard InChI is InChI=1S/C23H23FN4O3/c24-19-9-16(20-10-14-4-5-21(29)18(14)12-27-20)3-2-15(19)8-17(11-25)28-23(30)22-13-26-6-1-7-31-22/h2-3,9-10,12,17,22,26H,1,4-8,13H2,(H,28,30)/t17-,22-/m0/s1. The highest BCUT2D eigenvalue weighted by atomic mass is 19.1. The van der Waals surface area contributed by atoms with E-state index < -0.39 is 18.0 Å². The molecule has 1 fully saturated rings. The van der Waals surface area contributed by atoms with Crippen molar-refractivity contribution in [3.05, 3.63) is 53.0 Å². The molecule has 0 bridgehead atoms. The smallest absolute Gasteiger partial charge is 0.251 e. The second kappa shape index (κ2) is 9.33. The Kier molecular flexibility index (Phi) is 6.35. The number of ether oxygens (including phenoxy) is 1. The van der Waals surface area contributed by atoms with Crippen molar-refractivity contribution < 1.29 is 18.7 Å². The highest BCUT2D eigenvalue weighted by molar-refractivity contribution is 6.00. The maximum atomic E-state index is 14.8. The van der Waals surface area contributed by atoms with Gasteiger partial charge >= 0.3 is 0 Å². The number of fused-ring (bicyclic) bond motifs is 1. The maximum absolute atomic E-state index is 14.8. The van der Waals surface area contributed by atoms with E-state index in [1.165, 1.54) is 6.07 Å². The van der Waals surface area contributed by atoms with E-state index in [0.717, 1.165) is 18.5 Å². The van der Waals surface area contributed by atoms with Crippen molar-refractivity contribution in [2.24, 2.45) is 0 Å². The van der Waals surface area contributed by atoms with Crippen molar-refractivity contribution >= 4 is 11.7 Å². The molecular formula is C23H23FN4O3. The number of amides is 1. The Hall–Kier alpha value is -3.15. The summed E-state index contributed by atoms with van der Waals surface area (Å²) >= 11 is 0. The van der Waals surface area contributed by atoms with Gasteiger partial charge in [0.1, 0.15) is 18.0 Å². The molecule has 0 unspecified atom stereocenters. The summed E-state index contributed by atoms with van der Waals surface area (Å²) in [5, 5.41) is 15.2. The lowest BCUT2D eigenvalue weighted by atomic mass is 10.0. The molecule has 7 nitrogen and oxygen atoms in total.